The minimum Gasteiger partial charge on any atom is -0.384 e. The molecule has 0 bridgehead atoms. The average Bonchev–Trinajstić information content (AvgIpc) is 2.64. The number of hydrogen-bond acceptors (Lipinski definition) is 4. The van der Waals surface area contributed by atoms with Crippen molar-refractivity contribution in [2.75, 3.05) is 13.1 Å². The first-order valence-electron chi connectivity index (χ1n) is 8.84. The fraction of sp³-hybridized carbons (Fsp3) is 0.300. The van der Waals surface area contributed by atoms with Gasteiger partial charge in [0.1, 0.15) is 11.7 Å². The van der Waals surface area contributed by atoms with E-state index >= 15 is 0 Å². The van der Waals surface area contributed by atoms with Crippen LogP contribution < -0.4 is 22.1 Å². The highest BCUT2D eigenvalue weighted by Gasteiger charge is 1.98. The van der Waals surface area contributed by atoms with Crippen LogP contribution >= 0.6 is 49.6 Å². The SMILES string of the molecule is Cl.Cl.Cl.Cl.N=C(N)c1ccc(CNCCCCNCc2ccc(C(=N)N)cc2)cc1. The molecule has 0 aliphatic heterocycles. The van der Waals surface area contributed by atoms with E-state index in [1.54, 1.807) is 0 Å². The Morgan fingerprint density at radius 1 is 0.600 bits per heavy atom. The molecule has 0 fully saturated rings. The summed E-state index contributed by atoms with van der Waals surface area (Å²) in [7, 11) is 0. The lowest BCUT2D eigenvalue weighted by Crippen LogP contribution is -2.19. The van der Waals surface area contributed by atoms with Crippen LogP contribution in [0.1, 0.15) is 35.1 Å². The van der Waals surface area contributed by atoms with Crippen LogP contribution in [0.15, 0.2) is 48.5 Å². The van der Waals surface area contributed by atoms with Gasteiger partial charge in [-0.25, -0.2) is 0 Å². The summed E-state index contributed by atoms with van der Waals surface area (Å²) in [5.41, 5.74) is 14.8. The van der Waals surface area contributed by atoms with E-state index in [2.05, 4.69) is 10.6 Å². The summed E-state index contributed by atoms with van der Waals surface area (Å²) in [6.45, 7) is 3.61. The molecule has 0 aliphatic carbocycles. The highest BCUT2D eigenvalue weighted by molar-refractivity contribution is 5.95. The third kappa shape index (κ3) is 12.2. The minimum atomic E-state index is 0. The summed E-state index contributed by atoms with van der Waals surface area (Å²) in [5, 5.41) is 21.6. The number of halogens is 4. The molecule has 0 heterocycles. The van der Waals surface area contributed by atoms with Crippen molar-refractivity contribution >= 4 is 61.3 Å². The van der Waals surface area contributed by atoms with Crippen molar-refractivity contribution in [1.82, 2.24) is 10.6 Å². The van der Waals surface area contributed by atoms with Crippen LogP contribution in [0.25, 0.3) is 0 Å². The largest absolute Gasteiger partial charge is 0.384 e. The van der Waals surface area contributed by atoms with Crippen LogP contribution in [0.4, 0.5) is 0 Å². The molecule has 2 rings (SSSR count). The zero-order valence-corrected chi connectivity index (χ0v) is 19.9. The van der Waals surface area contributed by atoms with Gasteiger partial charge in [-0.1, -0.05) is 48.5 Å². The summed E-state index contributed by atoms with van der Waals surface area (Å²) in [6, 6.07) is 15.5. The van der Waals surface area contributed by atoms with Crippen LogP contribution in [0, 0.1) is 10.8 Å². The fourth-order valence-corrected chi connectivity index (χ4v) is 2.57. The number of hydrogen-bond donors (Lipinski definition) is 6. The predicted molar refractivity (Wildman–Crippen MR) is 137 cm³/mol. The van der Waals surface area contributed by atoms with E-state index in [4.69, 9.17) is 22.3 Å². The van der Waals surface area contributed by atoms with Crippen molar-refractivity contribution in [3.63, 3.8) is 0 Å². The van der Waals surface area contributed by atoms with Crippen molar-refractivity contribution in [3.8, 4) is 0 Å². The Bertz CT molecular complexity index is 660. The molecule has 0 radical (unpaired) electrons. The number of rotatable bonds is 11. The van der Waals surface area contributed by atoms with Gasteiger partial charge < -0.3 is 22.1 Å². The van der Waals surface area contributed by atoms with Crippen LogP contribution in [0.2, 0.25) is 0 Å². The molecule has 0 unspecified atom stereocenters. The second kappa shape index (κ2) is 18.2. The number of nitrogens with one attached hydrogen (secondary N) is 4. The number of nitrogen functional groups attached to an aromatic ring is 2. The van der Waals surface area contributed by atoms with Crippen molar-refractivity contribution in [2.24, 2.45) is 11.5 Å². The summed E-state index contributed by atoms with van der Waals surface area (Å²) in [5.74, 6) is 0.207. The molecule has 0 aliphatic rings. The summed E-state index contributed by atoms with van der Waals surface area (Å²) in [6.07, 6.45) is 2.23. The molecule has 0 saturated carbocycles. The second-order valence-corrected chi connectivity index (χ2v) is 6.28. The first-order chi connectivity index (χ1) is 12.6. The first kappa shape index (κ1) is 33.1. The first-order valence-corrected chi connectivity index (χ1v) is 8.84. The third-order valence-corrected chi connectivity index (χ3v) is 4.15. The molecular formula is C20H32Cl4N6. The van der Waals surface area contributed by atoms with Gasteiger partial charge in [-0.05, 0) is 37.1 Å². The summed E-state index contributed by atoms with van der Waals surface area (Å²) in [4.78, 5) is 0. The van der Waals surface area contributed by atoms with E-state index < -0.39 is 0 Å². The normalized spacial score (nSPS) is 9.20. The van der Waals surface area contributed by atoms with E-state index in [0.29, 0.717) is 0 Å². The quantitative estimate of drug-likeness (QED) is 0.161. The maximum atomic E-state index is 7.38. The molecule has 30 heavy (non-hydrogen) atoms. The maximum Gasteiger partial charge on any atom is 0.122 e. The lowest BCUT2D eigenvalue weighted by molar-refractivity contribution is 0.582. The van der Waals surface area contributed by atoms with E-state index in [-0.39, 0.29) is 61.3 Å². The Balaban J connectivity index is -0.00000182. The van der Waals surface area contributed by atoms with Gasteiger partial charge >= 0.3 is 0 Å². The van der Waals surface area contributed by atoms with Crippen molar-refractivity contribution in [1.29, 1.82) is 10.8 Å². The van der Waals surface area contributed by atoms with Crippen LogP contribution in [-0.2, 0) is 13.1 Å². The Morgan fingerprint density at radius 3 is 1.17 bits per heavy atom. The Kier molecular flexibility index (Phi) is 20.1. The number of nitrogens with two attached hydrogens (primary N) is 2. The molecule has 10 heteroatoms. The molecule has 0 atom stereocenters. The number of unbranched alkanes of at least 4 members (excludes halogenated alkanes) is 1. The fourth-order valence-electron chi connectivity index (χ4n) is 2.57. The molecule has 2 aromatic rings. The van der Waals surface area contributed by atoms with Gasteiger partial charge in [0.15, 0.2) is 0 Å². The maximum absolute atomic E-state index is 7.38. The van der Waals surface area contributed by atoms with Crippen molar-refractivity contribution < 1.29 is 0 Å². The van der Waals surface area contributed by atoms with Crippen molar-refractivity contribution in [3.05, 3.63) is 70.8 Å². The van der Waals surface area contributed by atoms with E-state index in [0.717, 1.165) is 50.1 Å². The van der Waals surface area contributed by atoms with Gasteiger partial charge in [-0.15, -0.1) is 49.6 Å². The van der Waals surface area contributed by atoms with E-state index in [1.165, 1.54) is 11.1 Å². The van der Waals surface area contributed by atoms with E-state index in [1.807, 2.05) is 48.5 Å². The molecular weight excluding hydrogens is 466 g/mol. The van der Waals surface area contributed by atoms with Gasteiger partial charge in [0.05, 0.1) is 0 Å². The van der Waals surface area contributed by atoms with Gasteiger partial charge in [-0.3, -0.25) is 10.8 Å². The molecule has 2 aromatic carbocycles. The Hall–Kier alpha value is -1.54. The molecule has 8 N–H and O–H groups in total. The van der Waals surface area contributed by atoms with Gasteiger partial charge in [-0.2, -0.15) is 0 Å². The third-order valence-electron chi connectivity index (χ3n) is 4.15. The Labute approximate surface area is 203 Å². The van der Waals surface area contributed by atoms with Crippen LogP contribution in [0.3, 0.4) is 0 Å². The topological polar surface area (TPSA) is 124 Å². The lowest BCUT2D eigenvalue weighted by Gasteiger charge is -2.08. The van der Waals surface area contributed by atoms with Crippen molar-refractivity contribution in [2.45, 2.75) is 25.9 Å². The number of benzene rings is 2. The second-order valence-electron chi connectivity index (χ2n) is 6.28. The zero-order valence-electron chi connectivity index (χ0n) is 16.6. The van der Waals surface area contributed by atoms with Crippen LogP contribution in [0.5, 0.6) is 0 Å². The minimum absolute atomic E-state index is 0. The smallest absolute Gasteiger partial charge is 0.122 e. The van der Waals surface area contributed by atoms with Gasteiger partial charge in [0.25, 0.3) is 0 Å². The standard InChI is InChI=1S/C20H28N6.4ClH/c21-19(22)17-7-3-15(4-8-17)13-25-11-1-2-12-26-14-16-5-9-18(10-6-16)20(23)24;;;;/h3-10,25-26H,1-2,11-14H2,(H3,21,22)(H3,23,24);4*1H. The van der Waals surface area contributed by atoms with Crippen LogP contribution in [-0.4, -0.2) is 24.8 Å². The van der Waals surface area contributed by atoms with Gasteiger partial charge in [0, 0.05) is 24.2 Å². The summed E-state index contributed by atoms with van der Waals surface area (Å²) >= 11 is 0. The molecule has 0 spiro atoms. The number of amidine groups is 2. The molecule has 0 aromatic heterocycles. The molecule has 0 saturated heterocycles. The average molecular weight is 498 g/mol. The molecule has 170 valence electrons. The van der Waals surface area contributed by atoms with E-state index in [9.17, 15) is 0 Å². The Morgan fingerprint density at radius 2 is 0.900 bits per heavy atom. The van der Waals surface area contributed by atoms with Gasteiger partial charge in [0.2, 0.25) is 0 Å². The highest BCUT2D eigenvalue weighted by Crippen LogP contribution is 2.04. The monoisotopic (exact) mass is 496 g/mol. The predicted octanol–water partition coefficient (Wildman–Crippen LogP) is 3.60. The zero-order chi connectivity index (χ0) is 18.8. The summed E-state index contributed by atoms with van der Waals surface area (Å²) < 4.78 is 0. The molecule has 0 amide bonds. The lowest BCUT2D eigenvalue weighted by atomic mass is 10.1. The highest BCUT2D eigenvalue weighted by atomic mass is 35.5. The molecule has 6 nitrogen and oxygen atoms in total.